The summed E-state index contributed by atoms with van der Waals surface area (Å²) in [6.07, 6.45) is 0. The maximum absolute atomic E-state index is 14.2. The van der Waals surface area contributed by atoms with Crippen LogP contribution in [-0.2, 0) is 4.74 Å². The van der Waals surface area contributed by atoms with Crippen LogP contribution < -0.4 is 0 Å². The van der Waals surface area contributed by atoms with Gasteiger partial charge in [0.2, 0.25) is 0 Å². The highest BCUT2D eigenvalue weighted by Crippen LogP contribution is 2.37. The molecule has 4 heteroatoms. The van der Waals surface area contributed by atoms with Gasteiger partial charge in [-0.15, -0.1) is 0 Å². The summed E-state index contributed by atoms with van der Waals surface area (Å²) in [6.45, 7) is 0. The van der Waals surface area contributed by atoms with E-state index < -0.39 is 5.97 Å². The molecule has 0 aromatic heterocycles. The first-order chi connectivity index (χ1) is 10.6. The van der Waals surface area contributed by atoms with Crippen molar-refractivity contribution < 1.29 is 13.9 Å². The molecule has 3 aromatic rings. The molecule has 0 saturated heterocycles. The minimum atomic E-state index is -0.443. The summed E-state index contributed by atoms with van der Waals surface area (Å²) in [4.78, 5) is 11.7. The third-order valence-electron chi connectivity index (χ3n) is 3.53. The zero-order valence-electron chi connectivity index (χ0n) is 11.8. The van der Waals surface area contributed by atoms with E-state index in [1.807, 2.05) is 6.07 Å². The Bertz CT molecular complexity index is 874. The van der Waals surface area contributed by atoms with E-state index in [1.54, 1.807) is 42.5 Å². The number of halogens is 2. The van der Waals surface area contributed by atoms with Gasteiger partial charge < -0.3 is 4.74 Å². The van der Waals surface area contributed by atoms with Gasteiger partial charge in [-0.1, -0.05) is 41.9 Å². The van der Waals surface area contributed by atoms with E-state index in [-0.39, 0.29) is 5.82 Å². The summed E-state index contributed by atoms with van der Waals surface area (Å²) >= 11 is 6.29. The fourth-order valence-corrected chi connectivity index (χ4v) is 2.74. The fraction of sp³-hybridized carbons (Fsp3) is 0.0556. The number of esters is 1. The van der Waals surface area contributed by atoms with Gasteiger partial charge in [0, 0.05) is 16.1 Å². The molecule has 0 heterocycles. The van der Waals surface area contributed by atoms with Crippen molar-refractivity contribution in [1.82, 2.24) is 0 Å². The number of fused-ring (bicyclic) bond motifs is 1. The Morgan fingerprint density at radius 1 is 1.09 bits per heavy atom. The number of hydrogen-bond donors (Lipinski definition) is 0. The Hall–Kier alpha value is -2.39. The number of ether oxygens (including phenoxy) is 1. The standard InChI is InChI=1S/C18H12ClFO2/c1-22-18(21)12-7-6-11-8-9-15(19)17(14(11)10-12)13-4-2-3-5-16(13)20/h2-10H,1H3. The Morgan fingerprint density at radius 2 is 1.82 bits per heavy atom. The van der Waals surface area contributed by atoms with Crippen LogP contribution in [0.3, 0.4) is 0 Å². The van der Waals surface area contributed by atoms with Crippen molar-refractivity contribution in [3.05, 3.63) is 71.0 Å². The lowest BCUT2D eigenvalue weighted by Gasteiger charge is -2.11. The molecular weight excluding hydrogens is 303 g/mol. The largest absolute Gasteiger partial charge is 0.465 e. The van der Waals surface area contributed by atoms with Crippen LogP contribution in [0.5, 0.6) is 0 Å². The van der Waals surface area contributed by atoms with Crippen LogP contribution in [0.15, 0.2) is 54.6 Å². The molecular formula is C18H12ClFO2. The van der Waals surface area contributed by atoms with E-state index in [0.29, 0.717) is 27.1 Å². The molecule has 0 unspecified atom stereocenters. The number of methoxy groups -OCH3 is 1. The van der Waals surface area contributed by atoms with Crippen molar-refractivity contribution in [3.63, 3.8) is 0 Å². The van der Waals surface area contributed by atoms with E-state index in [1.165, 1.54) is 13.2 Å². The van der Waals surface area contributed by atoms with Crippen molar-refractivity contribution in [2.45, 2.75) is 0 Å². The molecule has 22 heavy (non-hydrogen) atoms. The summed E-state index contributed by atoms with van der Waals surface area (Å²) in [5.74, 6) is -0.804. The van der Waals surface area contributed by atoms with Gasteiger partial charge in [-0.3, -0.25) is 0 Å². The first kappa shape index (κ1) is 14.5. The van der Waals surface area contributed by atoms with Gasteiger partial charge in [-0.2, -0.15) is 0 Å². The third kappa shape index (κ3) is 2.44. The molecule has 0 amide bonds. The lowest BCUT2D eigenvalue weighted by Crippen LogP contribution is -2.01. The molecule has 0 bridgehead atoms. The average molecular weight is 315 g/mol. The van der Waals surface area contributed by atoms with Crippen molar-refractivity contribution in [2.75, 3.05) is 7.11 Å². The van der Waals surface area contributed by atoms with E-state index >= 15 is 0 Å². The first-order valence-corrected chi connectivity index (χ1v) is 7.05. The Balaban J connectivity index is 2.35. The van der Waals surface area contributed by atoms with Crippen molar-refractivity contribution >= 4 is 28.3 Å². The second-order valence-corrected chi connectivity index (χ2v) is 5.24. The predicted octanol–water partition coefficient (Wildman–Crippen LogP) is 5.09. The van der Waals surface area contributed by atoms with Crippen LogP contribution >= 0.6 is 11.6 Å². The Labute approximate surface area is 132 Å². The molecule has 0 aliphatic carbocycles. The molecule has 0 saturated carbocycles. The van der Waals surface area contributed by atoms with Crippen molar-refractivity contribution in [2.24, 2.45) is 0 Å². The monoisotopic (exact) mass is 314 g/mol. The zero-order chi connectivity index (χ0) is 15.7. The zero-order valence-corrected chi connectivity index (χ0v) is 12.5. The molecule has 0 spiro atoms. The molecule has 3 aromatic carbocycles. The topological polar surface area (TPSA) is 26.3 Å². The number of rotatable bonds is 2. The molecule has 0 atom stereocenters. The third-order valence-corrected chi connectivity index (χ3v) is 3.85. The van der Waals surface area contributed by atoms with E-state index in [2.05, 4.69) is 0 Å². The Kier molecular flexibility index (Phi) is 3.82. The quantitative estimate of drug-likeness (QED) is 0.616. The van der Waals surface area contributed by atoms with Crippen LogP contribution in [0, 0.1) is 5.82 Å². The van der Waals surface area contributed by atoms with Gasteiger partial charge in [0.25, 0.3) is 0 Å². The minimum absolute atomic E-state index is 0.361. The maximum atomic E-state index is 14.2. The van der Waals surface area contributed by atoms with Gasteiger partial charge in [-0.05, 0) is 35.0 Å². The molecule has 0 aliphatic heterocycles. The van der Waals surface area contributed by atoms with Gasteiger partial charge >= 0.3 is 5.97 Å². The number of hydrogen-bond acceptors (Lipinski definition) is 2. The van der Waals surface area contributed by atoms with Crippen molar-refractivity contribution in [3.8, 4) is 11.1 Å². The molecule has 0 N–H and O–H groups in total. The Morgan fingerprint density at radius 3 is 2.55 bits per heavy atom. The van der Waals surface area contributed by atoms with Gasteiger partial charge in [0.05, 0.1) is 12.7 Å². The average Bonchev–Trinajstić information content (AvgIpc) is 2.54. The second-order valence-electron chi connectivity index (χ2n) is 4.83. The molecule has 0 aliphatic rings. The summed E-state index contributed by atoms with van der Waals surface area (Å²) < 4.78 is 18.9. The molecule has 0 radical (unpaired) electrons. The van der Waals surface area contributed by atoms with E-state index in [4.69, 9.17) is 16.3 Å². The van der Waals surface area contributed by atoms with Crippen LogP contribution in [-0.4, -0.2) is 13.1 Å². The molecule has 2 nitrogen and oxygen atoms in total. The van der Waals surface area contributed by atoms with Gasteiger partial charge in [-0.25, -0.2) is 9.18 Å². The normalized spacial score (nSPS) is 10.7. The van der Waals surface area contributed by atoms with E-state index in [9.17, 15) is 9.18 Å². The predicted molar refractivity (Wildman–Crippen MR) is 85.7 cm³/mol. The molecule has 0 fully saturated rings. The maximum Gasteiger partial charge on any atom is 0.337 e. The van der Waals surface area contributed by atoms with Gasteiger partial charge in [0.1, 0.15) is 5.82 Å². The molecule has 3 rings (SSSR count). The van der Waals surface area contributed by atoms with Crippen LogP contribution in [0.1, 0.15) is 10.4 Å². The van der Waals surface area contributed by atoms with E-state index in [0.717, 1.165) is 5.39 Å². The molecule has 110 valence electrons. The van der Waals surface area contributed by atoms with Crippen LogP contribution in [0.4, 0.5) is 4.39 Å². The van der Waals surface area contributed by atoms with Crippen molar-refractivity contribution in [1.29, 1.82) is 0 Å². The SMILES string of the molecule is COC(=O)c1ccc2ccc(Cl)c(-c3ccccc3F)c2c1. The fourth-order valence-electron chi connectivity index (χ4n) is 2.48. The summed E-state index contributed by atoms with van der Waals surface area (Å²) in [5, 5.41) is 2.01. The second kappa shape index (κ2) is 5.78. The lowest BCUT2D eigenvalue weighted by molar-refractivity contribution is 0.0601. The summed E-state index contributed by atoms with van der Waals surface area (Å²) in [7, 11) is 1.32. The highest BCUT2D eigenvalue weighted by Gasteiger charge is 2.14. The van der Waals surface area contributed by atoms with Gasteiger partial charge in [0.15, 0.2) is 0 Å². The lowest BCUT2D eigenvalue weighted by atomic mass is 9.96. The number of benzene rings is 3. The number of carbonyl (C=O) groups is 1. The van der Waals surface area contributed by atoms with Crippen LogP contribution in [0.25, 0.3) is 21.9 Å². The first-order valence-electron chi connectivity index (χ1n) is 6.67. The summed E-state index contributed by atoms with van der Waals surface area (Å²) in [5.41, 5.74) is 1.37. The highest BCUT2D eigenvalue weighted by atomic mass is 35.5. The number of carbonyl (C=O) groups excluding carboxylic acids is 1. The smallest absolute Gasteiger partial charge is 0.337 e. The van der Waals surface area contributed by atoms with Crippen LogP contribution in [0.2, 0.25) is 5.02 Å². The summed E-state index contributed by atoms with van der Waals surface area (Å²) in [6, 6.07) is 15.1. The minimum Gasteiger partial charge on any atom is -0.465 e. The highest BCUT2D eigenvalue weighted by molar-refractivity contribution is 6.35.